The van der Waals surface area contributed by atoms with Crippen LogP contribution in [0.5, 0.6) is 0 Å². The molecule has 1 aromatic carbocycles. The predicted octanol–water partition coefficient (Wildman–Crippen LogP) is 6.39. The van der Waals surface area contributed by atoms with Crippen LogP contribution in [0, 0.1) is 19.7 Å². The Kier molecular flexibility index (Phi) is 6.13. The van der Waals surface area contributed by atoms with Crippen molar-refractivity contribution in [2.45, 2.75) is 39.2 Å². The number of halogens is 1. The Labute approximate surface area is 179 Å². The first-order valence-electron chi connectivity index (χ1n) is 9.99. The Balaban J connectivity index is 1.78. The number of likely N-dealkylation sites (tertiary alicyclic amines) is 1. The van der Waals surface area contributed by atoms with Gasteiger partial charge in [-0.3, -0.25) is 9.69 Å². The van der Waals surface area contributed by atoms with Crippen LogP contribution in [0.1, 0.15) is 56.5 Å². The van der Waals surface area contributed by atoms with Gasteiger partial charge in [0, 0.05) is 10.4 Å². The van der Waals surface area contributed by atoms with Crippen molar-refractivity contribution >= 4 is 33.6 Å². The highest BCUT2D eigenvalue weighted by Crippen LogP contribution is 2.43. The minimum Gasteiger partial charge on any atom is -0.313 e. The van der Waals surface area contributed by atoms with Crippen molar-refractivity contribution in [2.24, 2.45) is 0 Å². The molecule has 29 heavy (non-hydrogen) atoms. The molecule has 1 N–H and O–H groups in total. The number of hydrogen-bond acceptors (Lipinski definition) is 4. The Morgan fingerprint density at radius 1 is 1.14 bits per heavy atom. The van der Waals surface area contributed by atoms with Gasteiger partial charge in [0.15, 0.2) is 0 Å². The summed E-state index contributed by atoms with van der Waals surface area (Å²) in [5, 5.41) is 5.93. The normalized spacial score (nSPS) is 16.0. The third kappa shape index (κ3) is 4.29. The summed E-state index contributed by atoms with van der Waals surface area (Å²) < 4.78 is 14.1. The standard InChI is InChI=1S/C23H25FN2OS2/c1-15-16(2)29-23(25-22(27)19-10-7-13-28-19)20(15)21(26-11-4-3-5-12-26)17-8-6-9-18(24)14-17/h6-10,13-14,21H,3-5,11-12H2,1-2H3,(H,25,27)/t21-/m0/s1. The highest BCUT2D eigenvalue weighted by molar-refractivity contribution is 7.17. The summed E-state index contributed by atoms with van der Waals surface area (Å²) in [5.41, 5.74) is 3.22. The van der Waals surface area contributed by atoms with Crippen molar-refractivity contribution in [1.82, 2.24) is 4.90 Å². The molecule has 1 fully saturated rings. The summed E-state index contributed by atoms with van der Waals surface area (Å²) in [5.74, 6) is -0.308. The van der Waals surface area contributed by atoms with Crippen LogP contribution in [0.2, 0.25) is 0 Å². The summed E-state index contributed by atoms with van der Waals surface area (Å²) in [7, 11) is 0. The maximum atomic E-state index is 14.1. The molecule has 6 heteroatoms. The van der Waals surface area contributed by atoms with Crippen molar-refractivity contribution in [3.8, 4) is 0 Å². The molecule has 0 aliphatic carbocycles. The molecular formula is C23H25FN2OS2. The lowest BCUT2D eigenvalue weighted by molar-refractivity contribution is 0.103. The summed E-state index contributed by atoms with van der Waals surface area (Å²) in [6.45, 7) is 6.16. The van der Waals surface area contributed by atoms with Crippen molar-refractivity contribution in [3.05, 3.63) is 74.0 Å². The van der Waals surface area contributed by atoms with Crippen LogP contribution >= 0.6 is 22.7 Å². The van der Waals surface area contributed by atoms with Crippen LogP contribution in [0.4, 0.5) is 9.39 Å². The third-order valence-electron chi connectivity index (χ3n) is 5.60. The van der Waals surface area contributed by atoms with Crippen LogP contribution < -0.4 is 5.32 Å². The van der Waals surface area contributed by atoms with Gasteiger partial charge in [-0.05, 0) is 74.5 Å². The van der Waals surface area contributed by atoms with Gasteiger partial charge in [-0.1, -0.05) is 24.6 Å². The smallest absolute Gasteiger partial charge is 0.266 e. The van der Waals surface area contributed by atoms with Crippen LogP contribution in [0.15, 0.2) is 41.8 Å². The second kappa shape index (κ2) is 8.78. The summed E-state index contributed by atoms with van der Waals surface area (Å²) in [6.07, 6.45) is 3.52. The number of rotatable bonds is 5. The monoisotopic (exact) mass is 428 g/mol. The fourth-order valence-electron chi connectivity index (χ4n) is 4.05. The first-order chi connectivity index (χ1) is 14.0. The van der Waals surface area contributed by atoms with Gasteiger partial charge in [-0.15, -0.1) is 22.7 Å². The van der Waals surface area contributed by atoms with Gasteiger partial charge in [0.05, 0.1) is 10.9 Å². The fraction of sp³-hybridized carbons (Fsp3) is 0.348. The van der Waals surface area contributed by atoms with E-state index in [1.54, 1.807) is 23.5 Å². The zero-order valence-corrected chi connectivity index (χ0v) is 18.3. The van der Waals surface area contributed by atoms with Crippen molar-refractivity contribution in [1.29, 1.82) is 0 Å². The molecule has 0 saturated carbocycles. The molecule has 4 rings (SSSR count). The average molecular weight is 429 g/mol. The zero-order chi connectivity index (χ0) is 20.4. The number of piperidine rings is 1. The van der Waals surface area contributed by atoms with E-state index in [1.807, 2.05) is 23.6 Å². The van der Waals surface area contributed by atoms with E-state index in [0.717, 1.165) is 42.1 Å². The molecule has 1 saturated heterocycles. The molecule has 152 valence electrons. The number of anilines is 1. The molecule has 1 amide bonds. The minimum absolute atomic E-state index is 0.0606. The highest BCUT2D eigenvalue weighted by atomic mass is 32.1. The fourth-order valence-corrected chi connectivity index (χ4v) is 5.76. The van der Waals surface area contributed by atoms with Gasteiger partial charge < -0.3 is 5.32 Å². The molecule has 1 aliphatic rings. The third-order valence-corrected chi connectivity index (χ3v) is 7.60. The molecule has 0 unspecified atom stereocenters. The predicted molar refractivity (Wildman–Crippen MR) is 120 cm³/mol. The lowest BCUT2D eigenvalue weighted by Crippen LogP contribution is -2.35. The Bertz CT molecular complexity index is 990. The van der Waals surface area contributed by atoms with Gasteiger partial charge in [-0.2, -0.15) is 0 Å². The van der Waals surface area contributed by atoms with Gasteiger partial charge >= 0.3 is 0 Å². The number of nitrogens with one attached hydrogen (secondary N) is 1. The number of aryl methyl sites for hydroxylation is 1. The van der Waals surface area contributed by atoms with Gasteiger partial charge in [0.1, 0.15) is 10.8 Å². The molecule has 3 nitrogen and oxygen atoms in total. The lowest BCUT2D eigenvalue weighted by atomic mass is 9.93. The van der Waals surface area contributed by atoms with Crippen LogP contribution in [0.3, 0.4) is 0 Å². The second-order valence-corrected chi connectivity index (χ2v) is 9.68. The van der Waals surface area contributed by atoms with E-state index in [-0.39, 0.29) is 17.8 Å². The molecule has 0 bridgehead atoms. The number of thiophene rings is 2. The molecule has 3 heterocycles. The van der Waals surface area contributed by atoms with Gasteiger partial charge in [-0.25, -0.2) is 4.39 Å². The first kappa shape index (κ1) is 20.3. The van der Waals surface area contributed by atoms with E-state index in [0.29, 0.717) is 4.88 Å². The Morgan fingerprint density at radius 3 is 2.62 bits per heavy atom. The van der Waals surface area contributed by atoms with Crippen LogP contribution in [0.25, 0.3) is 0 Å². The number of benzene rings is 1. The number of carbonyl (C=O) groups excluding carboxylic acids is 1. The van der Waals surface area contributed by atoms with E-state index in [9.17, 15) is 9.18 Å². The first-order valence-corrected chi connectivity index (χ1v) is 11.7. The number of carbonyl (C=O) groups is 1. The molecule has 1 aliphatic heterocycles. The molecule has 1 atom stereocenters. The number of nitrogens with zero attached hydrogens (tertiary/aromatic N) is 1. The lowest BCUT2D eigenvalue weighted by Gasteiger charge is -2.36. The van der Waals surface area contributed by atoms with E-state index < -0.39 is 0 Å². The van der Waals surface area contributed by atoms with Gasteiger partial charge in [0.2, 0.25) is 0 Å². The van der Waals surface area contributed by atoms with Crippen LogP contribution in [-0.2, 0) is 0 Å². The number of amides is 1. The largest absolute Gasteiger partial charge is 0.313 e. The van der Waals surface area contributed by atoms with Gasteiger partial charge in [0.25, 0.3) is 5.91 Å². The molecule has 0 spiro atoms. The quantitative estimate of drug-likeness (QED) is 0.510. The maximum Gasteiger partial charge on any atom is 0.266 e. The highest BCUT2D eigenvalue weighted by Gasteiger charge is 2.30. The Morgan fingerprint density at radius 2 is 1.93 bits per heavy atom. The average Bonchev–Trinajstić information content (AvgIpc) is 3.34. The molecular weight excluding hydrogens is 403 g/mol. The zero-order valence-electron chi connectivity index (χ0n) is 16.7. The maximum absolute atomic E-state index is 14.1. The number of hydrogen-bond donors (Lipinski definition) is 1. The van der Waals surface area contributed by atoms with E-state index in [4.69, 9.17) is 0 Å². The molecule has 0 radical (unpaired) electrons. The van der Waals surface area contributed by atoms with E-state index >= 15 is 0 Å². The van der Waals surface area contributed by atoms with E-state index in [2.05, 4.69) is 24.1 Å². The Hall–Kier alpha value is -2.02. The summed E-state index contributed by atoms with van der Waals surface area (Å²) in [6, 6.07) is 10.6. The summed E-state index contributed by atoms with van der Waals surface area (Å²) >= 11 is 3.04. The van der Waals surface area contributed by atoms with Crippen LogP contribution in [-0.4, -0.2) is 23.9 Å². The van der Waals surface area contributed by atoms with E-state index in [1.165, 1.54) is 34.3 Å². The second-order valence-electron chi connectivity index (χ2n) is 7.51. The summed E-state index contributed by atoms with van der Waals surface area (Å²) in [4.78, 5) is 17.1. The van der Waals surface area contributed by atoms with Crippen molar-refractivity contribution in [3.63, 3.8) is 0 Å². The van der Waals surface area contributed by atoms with Crippen molar-refractivity contribution in [2.75, 3.05) is 18.4 Å². The molecule has 3 aromatic rings. The minimum atomic E-state index is -0.224. The topological polar surface area (TPSA) is 32.3 Å². The van der Waals surface area contributed by atoms with Crippen molar-refractivity contribution < 1.29 is 9.18 Å². The molecule has 2 aromatic heterocycles. The SMILES string of the molecule is Cc1sc(NC(=O)c2cccs2)c([C@H](c2cccc(F)c2)N2CCCCC2)c1C.